The van der Waals surface area contributed by atoms with E-state index in [2.05, 4.69) is 29.2 Å². The summed E-state index contributed by atoms with van der Waals surface area (Å²) in [4.78, 5) is 2.40. The van der Waals surface area contributed by atoms with E-state index in [4.69, 9.17) is 10.5 Å². The minimum Gasteiger partial charge on any atom is -0.497 e. The molecule has 0 saturated carbocycles. The number of hydrogen-bond acceptors (Lipinski definition) is 3. The number of benzene rings is 2. The van der Waals surface area contributed by atoms with Crippen LogP contribution in [0.1, 0.15) is 11.1 Å². The third kappa shape index (κ3) is 2.36. The molecule has 0 bridgehead atoms. The monoisotopic (exact) mass is 254 g/mol. The zero-order valence-electron chi connectivity index (χ0n) is 11.1. The number of nitrogens with zero attached hydrogens (tertiary/aromatic N) is 1. The summed E-state index contributed by atoms with van der Waals surface area (Å²) in [5.74, 6) is 0.901. The Hall–Kier alpha value is -2.16. The second-order valence-corrected chi connectivity index (χ2v) is 4.91. The second kappa shape index (κ2) is 4.84. The summed E-state index contributed by atoms with van der Waals surface area (Å²) in [6, 6.07) is 14.4. The molecule has 1 heterocycles. The molecule has 3 rings (SSSR count). The van der Waals surface area contributed by atoms with Gasteiger partial charge in [-0.3, -0.25) is 0 Å². The number of nitrogen functional groups attached to an aromatic ring is 1. The average Bonchev–Trinajstić information content (AvgIpc) is 2.82. The number of rotatable bonds is 3. The van der Waals surface area contributed by atoms with Crippen molar-refractivity contribution >= 4 is 11.4 Å². The van der Waals surface area contributed by atoms with Crippen molar-refractivity contribution in [2.75, 3.05) is 24.3 Å². The van der Waals surface area contributed by atoms with Crippen LogP contribution in [0.25, 0.3) is 0 Å². The fraction of sp³-hybridized carbons (Fsp3) is 0.250. The Morgan fingerprint density at radius 2 is 1.95 bits per heavy atom. The zero-order valence-corrected chi connectivity index (χ0v) is 11.1. The minimum absolute atomic E-state index is 0.852. The second-order valence-electron chi connectivity index (χ2n) is 4.91. The molecular formula is C16H18N2O. The van der Waals surface area contributed by atoms with Crippen LogP contribution in [0, 0.1) is 0 Å². The molecule has 2 aromatic carbocycles. The van der Waals surface area contributed by atoms with Gasteiger partial charge in [-0.2, -0.15) is 0 Å². The lowest BCUT2D eigenvalue weighted by molar-refractivity contribution is 0.414. The minimum atomic E-state index is 0.852. The van der Waals surface area contributed by atoms with Crippen molar-refractivity contribution in [2.45, 2.75) is 13.0 Å². The molecule has 0 spiro atoms. The van der Waals surface area contributed by atoms with Gasteiger partial charge in [-0.05, 0) is 47.9 Å². The van der Waals surface area contributed by atoms with Crippen molar-refractivity contribution in [3.63, 3.8) is 0 Å². The highest BCUT2D eigenvalue weighted by Crippen LogP contribution is 2.30. The van der Waals surface area contributed by atoms with Gasteiger partial charge in [0.2, 0.25) is 0 Å². The molecule has 1 aliphatic heterocycles. The SMILES string of the molecule is COc1ccc(CN2CCc3cc(N)ccc32)cc1. The van der Waals surface area contributed by atoms with Crippen molar-refractivity contribution in [3.05, 3.63) is 53.6 Å². The summed E-state index contributed by atoms with van der Waals surface area (Å²) in [5, 5.41) is 0. The van der Waals surface area contributed by atoms with Crippen LogP contribution in [0.15, 0.2) is 42.5 Å². The van der Waals surface area contributed by atoms with E-state index in [-0.39, 0.29) is 0 Å². The van der Waals surface area contributed by atoms with Gasteiger partial charge in [-0.25, -0.2) is 0 Å². The molecule has 2 N–H and O–H groups in total. The smallest absolute Gasteiger partial charge is 0.118 e. The Morgan fingerprint density at radius 1 is 1.16 bits per heavy atom. The van der Waals surface area contributed by atoms with Gasteiger partial charge in [-0.15, -0.1) is 0 Å². The van der Waals surface area contributed by atoms with Crippen molar-refractivity contribution < 1.29 is 4.74 Å². The zero-order chi connectivity index (χ0) is 13.2. The molecule has 0 fully saturated rings. The molecule has 0 unspecified atom stereocenters. The van der Waals surface area contributed by atoms with E-state index in [0.29, 0.717) is 0 Å². The lowest BCUT2D eigenvalue weighted by Gasteiger charge is -2.19. The molecule has 0 amide bonds. The van der Waals surface area contributed by atoms with Crippen LogP contribution in [0.3, 0.4) is 0 Å². The molecule has 1 aliphatic rings. The van der Waals surface area contributed by atoms with E-state index in [0.717, 1.165) is 30.9 Å². The van der Waals surface area contributed by atoms with Gasteiger partial charge < -0.3 is 15.4 Å². The first kappa shape index (κ1) is 11.9. The molecule has 2 aromatic rings. The molecule has 0 atom stereocenters. The molecule has 3 nitrogen and oxygen atoms in total. The molecular weight excluding hydrogens is 236 g/mol. The normalized spacial score (nSPS) is 13.4. The van der Waals surface area contributed by atoms with E-state index >= 15 is 0 Å². The van der Waals surface area contributed by atoms with Gasteiger partial charge >= 0.3 is 0 Å². The molecule has 0 saturated heterocycles. The molecule has 0 radical (unpaired) electrons. The van der Waals surface area contributed by atoms with Crippen LogP contribution in [0.5, 0.6) is 5.75 Å². The first-order chi connectivity index (χ1) is 9.26. The highest BCUT2D eigenvalue weighted by molar-refractivity contribution is 5.63. The Morgan fingerprint density at radius 3 is 2.68 bits per heavy atom. The Balaban J connectivity index is 1.78. The maximum absolute atomic E-state index is 5.83. The maximum Gasteiger partial charge on any atom is 0.118 e. The molecule has 98 valence electrons. The van der Waals surface area contributed by atoms with E-state index in [9.17, 15) is 0 Å². The number of ether oxygens (including phenoxy) is 1. The van der Waals surface area contributed by atoms with Gasteiger partial charge in [0.05, 0.1) is 7.11 Å². The van der Waals surface area contributed by atoms with E-state index in [1.54, 1.807) is 7.11 Å². The summed E-state index contributed by atoms with van der Waals surface area (Å²) < 4.78 is 5.18. The number of nitrogens with two attached hydrogens (primary N) is 1. The standard InChI is InChI=1S/C16H18N2O/c1-19-15-5-2-12(3-6-15)11-18-9-8-13-10-14(17)4-7-16(13)18/h2-7,10H,8-9,11,17H2,1H3. The first-order valence-corrected chi connectivity index (χ1v) is 6.52. The summed E-state index contributed by atoms with van der Waals surface area (Å²) in [7, 11) is 1.69. The molecule has 0 aliphatic carbocycles. The maximum atomic E-state index is 5.83. The molecule has 19 heavy (non-hydrogen) atoms. The Kier molecular flexibility index (Phi) is 3.03. The lowest BCUT2D eigenvalue weighted by Crippen LogP contribution is -2.19. The predicted octanol–water partition coefficient (Wildman–Crippen LogP) is 2.84. The highest BCUT2D eigenvalue weighted by Gasteiger charge is 2.18. The van der Waals surface area contributed by atoms with Crippen LogP contribution in [-0.2, 0) is 13.0 Å². The fourth-order valence-electron chi connectivity index (χ4n) is 2.61. The van der Waals surface area contributed by atoms with Crippen LogP contribution < -0.4 is 15.4 Å². The first-order valence-electron chi connectivity index (χ1n) is 6.52. The number of hydrogen-bond donors (Lipinski definition) is 1. The summed E-state index contributed by atoms with van der Waals surface area (Å²) in [6.07, 6.45) is 1.08. The van der Waals surface area contributed by atoms with Crippen molar-refractivity contribution in [3.8, 4) is 5.75 Å². The fourth-order valence-corrected chi connectivity index (χ4v) is 2.61. The highest BCUT2D eigenvalue weighted by atomic mass is 16.5. The molecule has 3 heteroatoms. The summed E-state index contributed by atoms with van der Waals surface area (Å²) in [6.45, 7) is 1.99. The van der Waals surface area contributed by atoms with Crippen LogP contribution >= 0.6 is 0 Å². The summed E-state index contributed by atoms with van der Waals surface area (Å²) >= 11 is 0. The third-order valence-corrected chi connectivity index (χ3v) is 3.63. The number of anilines is 2. The van der Waals surface area contributed by atoms with Gasteiger partial charge in [0.1, 0.15) is 5.75 Å². The van der Waals surface area contributed by atoms with E-state index in [1.165, 1.54) is 16.8 Å². The predicted molar refractivity (Wildman–Crippen MR) is 78.6 cm³/mol. The van der Waals surface area contributed by atoms with Crippen LogP contribution in [0.2, 0.25) is 0 Å². The number of fused-ring (bicyclic) bond motifs is 1. The van der Waals surface area contributed by atoms with Gasteiger partial charge in [0, 0.05) is 24.5 Å². The Bertz CT molecular complexity index is 578. The third-order valence-electron chi connectivity index (χ3n) is 3.63. The van der Waals surface area contributed by atoms with Crippen molar-refractivity contribution in [2.24, 2.45) is 0 Å². The van der Waals surface area contributed by atoms with Gasteiger partial charge in [-0.1, -0.05) is 12.1 Å². The van der Waals surface area contributed by atoms with Gasteiger partial charge in [0.25, 0.3) is 0 Å². The average molecular weight is 254 g/mol. The van der Waals surface area contributed by atoms with E-state index in [1.807, 2.05) is 18.2 Å². The summed E-state index contributed by atoms with van der Waals surface area (Å²) in [5.41, 5.74) is 10.6. The van der Waals surface area contributed by atoms with Gasteiger partial charge in [0.15, 0.2) is 0 Å². The Labute approximate surface area is 113 Å². The van der Waals surface area contributed by atoms with E-state index < -0.39 is 0 Å². The molecule has 0 aromatic heterocycles. The van der Waals surface area contributed by atoms with Crippen LogP contribution in [-0.4, -0.2) is 13.7 Å². The van der Waals surface area contributed by atoms with Crippen molar-refractivity contribution in [1.29, 1.82) is 0 Å². The number of methoxy groups -OCH3 is 1. The topological polar surface area (TPSA) is 38.5 Å². The quantitative estimate of drug-likeness (QED) is 0.856. The van der Waals surface area contributed by atoms with Crippen molar-refractivity contribution in [1.82, 2.24) is 0 Å². The lowest BCUT2D eigenvalue weighted by atomic mass is 10.1. The van der Waals surface area contributed by atoms with Crippen LogP contribution in [0.4, 0.5) is 11.4 Å². The largest absolute Gasteiger partial charge is 0.497 e.